The van der Waals surface area contributed by atoms with Gasteiger partial charge in [-0.15, -0.1) is 0 Å². The van der Waals surface area contributed by atoms with Gasteiger partial charge in [-0.1, -0.05) is 29.3 Å². The number of likely N-dealkylation sites (N-methyl/N-ethyl adjacent to an activating group) is 1. The molecule has 1 atom stereocenters. The van der Waals surface area contributed by atoms with Crippen LogP contribution in [0.25, 0.3) is 0 Å². The number of hydrogen-bond acceptors (Lipinski definition) is 2. The molecule has 17 heavy (non-hydrogen) atoms. The zero-order valence-electron chi connectivity index (χ0n) is 10.1. The van der Waals surface area contributed by atoms with Gasteiger partial charge in [-0.05, 0) is 44.0 Å². The summed E-state index contributed by atoms with van der Waals surface area (Å²) in [5.74, 6) is 0. The number of methoxy groups -OCH3 is 1. The largest absolute Gasteiger partial charge is 0.376 e. The Morgan fingerprint density at radius 2 is 2.06 bits per heavy atom. The zero-order chi connectivity index (χ0) is 12.5. The quantitative estimate of drug-likeness (QED) is 0.901. The lowest BCUT2D eigenvalue weighted by Crippen LogP contribution is -2.49. The van der Waals surface area contributed by atoms with Crippen LogP contribution in [0.15, 0.2) is 18.2 Å². The maximum Gasteiger partial charge on any atom is 0.0873 e. The van der Waals surface area contributed by atoms with E-state index in [0.29, 0.717) is 10.0 Å². The van der Waals surface area contributed by atoms with Crippen LogP contribution in [0.4, 0.5) is 0 Å². The van der Waals surface area contributed by atoms with E-state index < -0.39 is 0 Å². The molecule has 2 rings (SSSR count). The highest BCUT2D eigenvalue weighted by atomic mass is 35.5. The fourth-order valence-electron chi connectivity index (χ4n) is 2.57. The van der Waals surface area contributed by atoms with Crippen molar-refractivity contribution in [1.82, 2.24) is 5.32 Å². The zero-order valence-corrected chi connectivity index (χ0v) is 11.6. The Kier molecular flexibility index (Phi) is 3.99. The van der Waals surface area contributed by atoms with Gasteiger partial charge in [-0.25, -0.2) is 0 Å². The van der Waals surface area contributed by atoms with Crippen molar-refractivity contribution in [3.8, 4) is 0 Å². The summed E-state index contributed by atoms with van der Waals surface area (Å²) in [7, 11) is 3.71. The van der Waals surface area contributed by atoms with E-state index in [-0.39, 0.29) is 11.6 Å². The Labute approximate surface area is 112 Å². The molecule has 0 heterocycles. The van der Waals surface area contributed by atoms with Gasteiger partial charge in [0.15, 0.2) is 0 Å². The van der Waals surface area contributed by atoms with Gasteiger partial charge in [-0.2, -0.15) is 0 Å². The summed E-state index contributed by atoms with van der Waals surface area (Å²) in [6, 6.07) is 5.75. The SMILES string of the molecule is CNC(c1ccc(Cl)cc1Cl)C1(OC)CCC1. The fourth-order valence-corrected chi connectivity index (χ4v) is 3.09. The highest BCUT2D eigenvalue weighted by Gasteiger charge is 2.45. The molecule has 1 unspecified atom stereocenters. The van der Waals surface area contributed by atoms with Gasteiger partial charge in [0, 0.05) is 17.2 Å². The van der Waals surface area contributed by atoms with Gasteiger partial charge in [0.25, 0.3) is 0 Å². The van der Waals surface area contributed by atoms with Crippen LogP contribution < -0.4 is 5.32 Å². The third-order valence-corrected chi connectivity index (χ3v) is 4.26. The van der Waals surface area contributed by atoms with Gasteiger partial charge in [0.05, 0.1) is 11.6 Å². The highest BCUT2D eigenvalue weighted by Crippen LogP contribution is 2.46. The summed E-state index contributed by atoms with van der Waals surface area (Å²) < 4.78 is 5.71. The predicted molar refractivity (Wildman–Crippen MR) is 71.9 cm³/mol. The lowest BCUT2D eigenvalue weighted by atomic mass is 9.72. The minimum atomic E-state index is -0.119. The maximum atomic E-state index is 6.27. The molecule has 94 valence electrons. The second-order valence-electron chi connectivity index (χ2n) is 4.51. The second kappa shape index (κ2) is 5.15. The first-order chi connectivity index (χ1) is 8.13. The molecular formula is C13H17Cl2NO. The number of ether oxygens (including phenoxy) is 1. The summed E-state index contributed by atoms with van der Waals surface area (Å²) in [6.07, 6.45) is 3.33. The van der Waals surface area contributed by atoms with Gasteiger partial charge in [0.1, 0.15) is 0 Å². The summed E-state index contributed by atoms with van der Waals surface area (Å²) in [5, 5.41) is 4.68. The van der Waals surface area contributed by atoms with E-state index in [2.05, 4.69) is 5.32 Å². The average molecular weight is 274 g/mol. The van der Waals surface area contributed by atoms with Crippen molar-refractivity contribution in [1.29, 1.82) is 0 Å². The van der Waals surface area contributed by atoms with Crippen molar-refractivity contribution in [3.63, 3.8) is 0 Å². The van der Waals surface area contributed by atoms with E-state index in [4.69, 9.17) is 27.9 Å². The Bertz CT molecular complexity index is 399. The number of benzene rings is 1. The molecule has 1 aliphatic carbocycles. The molecule has 1 aromatic carbocycles. The van der Waals surface area contributed by atoms with E-state index >= 15 is 0 Å². The third kappa shape index (κ3) is 2.32. The molecule has 0 amide bonds. The van der Waals surface area contributed by atoms with Crippen LogP contribution in [0, 0.1) is 0 Å². The van der Waals surface area contributed by atoms with Crippen LogP contribution in [-0.2, 0) is 4.74 Å². The lowest BCUT2D eigenvalue weighted by molar-refractivity contribution is -0.0983. The van der Waals surface area contributed by atoms with Crippen molar-refractivity contribution < 1.29 is 4.74 Å². The number of rotatable bonds is 4. The molecule has 1 N–H and O–H groups in total. The molecular weight excluding hydrogens is 257 g/mol. The van der Waals surface area contributed by atoms with E-state index in [1.165, 1.54) is 6.42 Å². The van der Waals surface area contributed by atoms with Crippen LogP contribution in [0.3, 0.4) is 0 Å². The summed E-state index contributed by atoms with van der Waals surface area (Å²) in [5.41, 5.74) is 0.937. The Hall–Kier alpha value is -0.280. The Balaban J connectivity index is 2.35. The molecule has 0 saturated heterocycles. The molecule has 1 fully saturated rings. The molecule has 0 radical (unpaired) electrons. The second-order valence-corrected chi connectivity index (χ2v) is 5.35. The number of hydrogen-bond donors (Lipinski definition) is 1. The minimum absolute atomic E-state index is 0.117. The Morgan fingerprint density at radius 1 is 1.35 bits per heavy atom. The van der Waals surface area contributed by atoms with Crippen LogP contribution in [0.2, 0.25) is 10.0 Å². The average Bonchev–Trinajstić information content (AvgIpc) is 2.24. The third-order valence-electron chi connectivity index (χ3n) is 3.69. The summed E-state index contributed by atoms with van der Waals surface area (Å²) in [6.45, 7) is 0. The van der Waals surface area contributed by atoms with Gasteiger partial charge < -0.3 is 10.1 Å². The summed E-state index contributed by atoms with van der Waals surface area (Å²) in [4.78, 5) is 0. The summed E-state index contributed by atoms with van der Waals surface area (Å²) >= 11 is 12.2. The molecule has 1 aromatic rings. The first-order valence-electron chi connectivity index (χ1n) is 5.80. The van der Waals surface area contributed by atoms with E-state index in [1.54, 1.807) is 13.2 Å². The van der Waals surface area contributed by atoms with E-state index in [0.717, 1.165) is 18.4 Å². The standard InChI is InChI=1S/C13H17Cl2NO/c1-16-12(13(17-2)6-3-7-13)10-5-4-9(14)8-11(10)15/h4-5,8,12,16H,3,6-7H2,1-2H3. The van der Waals surface area contributed by atoms with Crippen LogP contribution in [0.5, 0.6) is 0 Å². The molecule has 0 bridgehead atoms. The van der Waals surface area contributed by atoms with Crippen molar-refractivity contribution >= 4 is 23.2 Å². The molecule has 2 nitrogen and oxygen atoms in total. The molecule has 4 heteroatoms. The molecule has 1 saturated carbocycles. The van der Waals surface area contributed by atoms with Crippen molar-refractivity contribution in [2.24, 2.45) is 0 Å². The van der Waals surface area contributed by atoms with Crippen molar-refractivity contribution in [2.45, 2.75) is 30.9 Å². The van der Waals surface area contributed by atoms with E-state index in [1.807, 2.05) is 19.2 Å². The van der Waals surface area contributed by atoms with Gasteiger partial charge in [0.2, 0.25) is 0 Å². The Morgan fingerprint density at radius 3 is 2.47 bits per heavy atom. The number of nitrogens with one attached hydrogen (secondary N) is 1. The minimum Gasteiger partial charge on any atom is -0.376 e. The van der Waals surface area contributed by atoms with Gasteiger partial charge >= 0.3 is 0 Å². The highest BCUT2D eigenvalue weighted by molar-refractivity contribution is 6.35. The van der Waals surface area contributed by atoms with Crippen molar-refractivity contribution in [2.75, 3.05) is 14.2 Å². The normalized spacial score (nSPS) is 19.8. The smallest absolute Gasteiger partial charge is 0.0873 e. The van der Waals surface area contributed by atoms with Crippen LogP contribution in [0.1, 0.15) is 30.9 Å². The predicted octanol–water partition coefficient (Wildman–Crippen LogP) is 3.82. The molecule has 0 spiro atoms. The van der Waals surface area contributed by atoms with Gasteiger partial charge in [-0.3, -0.25) is 0 Å². The first-order valence-corrected chi connectivity index (χ1v) is 6.56. The monoisotopic (exact) mass is 273 g/mol. The van der Waals surface area contributed by atoms with Crippen LogP contribution >= 0.6 is 23.2 Å². The maximum absolute atomic E-state index is 6.27. The van der Waals surface area contributed by atoms with Crippen LogP contribution in [-0.4, -0.2) is 19.8 Å². The lowest BCUT2D eigenvalue weighted by Gasteiger charge is -2.46. The molecule has 0 aliphatic heterocycles. The van der Waals surface area contributed by atoms with E-state index in [9.17, 15) is 0 Å². The number of halogens is 2. The fraction of sp³-hybridized carbons (Fsp3) is 0.538. The van der Waals surface area contributed by atoms with Crippen molar-refractivity contribution in [3.05, 3.63) is 33.8 Å². The molecule has 0 aromatic heterocycles. The topological polar surface area (TPSA) is 21.3 Å². The first kappa shape index (κ1) is 13.2. The molecule has 1 aliphatic rings.